The number of aliphatic hydroxyl groups is 1. The number of carbonyl (C=O) groups is 1. The van der Waals surface area contributed by atoms with E-state index in [4.69, 9.17) is 4.74 Å². The lowest BCUT2D eigenvalue weighted by atomic mass is 10.1. The number of hydrogen-bond acceptors (Lipinski definition) is 4. The van der Waals surface area contributed by atoms with Gasteiger partial charge in [0.15, 0.2) is 0 Å². The van der Waals surface area contributed by atoms with E-state index in [9.17, 15) is 9.90 Å². The van der Waals surface area contributed by atoms with E-state index >= 15 is 0 Å². The highest BCUT2D eigenvalue weighted by atomic mass is 16.5. The third-order valence-corrected chi connectivity index (χ3v) is 2.87. The first-order valence-electron chi connectivity index (χ1n) is 5.63. The first-order valence-corrected chi connectivity index (χ1v) is 5.63. The van der Waals surface area contributed by atoms with Crippen LogP contribution in [0.3, 0.4) is 0 Å². The van der Waals surface area contributed by atoms with Gasteiger partial charge >= 0.3 is 5.97 Å². The Morgan fingerprint density at radius 2 is 2.27 bits per heavy atom. The van der Waals surface area contributed by atoms with Gasteiger partial charge in [0.05, 0.1) is 12.2 Å². The largest absolute Gasteiger partial charge is 0.465 e. The van der Waals surface area contributed by atoms with E-state index in [2.05, 4.69) is 0 Å². The fraction of sp³-hybridized carbons (Fsp3) is 0.909. The topological polar surface area (TPSA) is 49.8 Å². The summed E-state index contributed by atoms with van der Waals surface area (Å²) in [6.45, 7) is 7.33. The molecule has 0 bridgehead atoms. The molecule has 0 aromatic carbocycles. The van der Waals surface area contributed by atoms with Crippen molar-refractivity contribution in [2.24, 2.45) is 0 Å². The van der Waals surface area contributed by atoms with Crippen LogP contribution in [-0.4, -0.2) is 47.3 Å². The van der Waals surface area contributed by atoms with Crippen LogP contribution in [0.1, 0.15) is 33.6 Å². The molecule has 1 aliphatic rings. The molecule has 0 aromatic rings. The van der Waals surface area contributed by atoms with Crippen molar-refractivity contribution < 1.29 is 14.6 Å². The number of β-amino-alcohol motifs (C(OH)–C–C–N with tert-alkyl or cyclic N) is 1. The van der Waals surface area contributed by atoms with Crippen molar-refractivity contribution in [3.05, 3.63) is 0 Å². The third-order valence-electron chi connectivity index (χ3n) is 2.87. The fourth-order valence-electron chi connectivity index (χ4n) is 2.06. The Bertz CT molecular complexity index is 228. The summed E-state index contributed by atoms with van der Waals surface area (Å²) in [4.78, 5) is 13.6. The van der Waals surface area contributed by atoms with Gasteiger partial charge in [0.2, 0.25) is 0 Å². The molecule has 1 saturated heterocycles. The number of ether oxygens (including phenoxy) is 1. The highest BCUT2D eigenvalue weighted by molar-refractivity contribution is 5.75. The first-order chi connectivity index (χ1) is 7.00. The van der Waals surface area contributed by atoms with Gasteiger partial charge in [-0.2, -0.15) is 0 Å². The minimum Gasteiger partial charge on any atom is -0.465 e. The molecule has 0 amide bonds. The van der Waals surface area contributed by atoms with Crippen molar-refractivity contribution in [1.82, 2.24) is 4.90 Å². The predicted molar refractivity (Wildman–Crippen MR) is 57.5 cm³/mol. The molecule has 0 spiro atoms. The van der Waals surface area contributed by atoms with Crippen molar-refractivity contribution in [3.63, 3.8) is 0 Å². The molecule has 0 aromatic heterocycles. The average Bonchev–Trinajstić information content (AvgIpc) is 2.48. The third kappa shape index (κ3) is 3.18. The zero-order valence-corrected chi connectivity index (χ0v) is 9.82. The van der Waals surface area contributed by atoms with E-state index in [0.717, 1.165) is 19.4 Å². The predicted octanol–water partition coefficient (Wildman–Crippen LogP) is 0.785. The van der Waals surface area contributed by atoms with E-state index in [0.29, 0.717) is 13.2 Å². The molecule has 2 unspecified atom stereocenters. The lowest BCUT2D eigenvalue weighted by Gasteiger charge is -2.25. The zero-order chi connectivity index (χ0) is 11.5. The summed E-state index contributed by atoms with van der Waals surface area (Å²) in [6.07, 6.45) is 1.46. The average molecular weight is 215 g/mol. The van der Waals surface area contributed by atoms with E-state index in [-0.39, 0.29) is 12.0 Å². The molecule has 4 nitrogen and oxygen atoms in total. The van der Waals surface area contributed by atoms with Crippen LogP contribution in [0.15, 0.2) is 0 Å². The van der Waals surface area contributed by atoms with Gasteiger partial charge in [0, 0.05) is 13.1 Å². The molecule has 4 heteroatoms. The minimum atomic E-state index is -0.653. The van der Waals surface area contributed by atoms with Crippen LogP contribution in [0, 0.1) is 0 Å². The van der Waals surface area contributed by atoms with Crippen LogP contribution in [0.4, 0.5) is 0 Å². The summed E-state index contributed by atoms with van der Waals surface area (Å²) in [6, 6.07) is -0.195. The van der Waals surface area contributed by atoms with Gasteiger partial charge < -0.3 is 9.84 Å². The van der Waals surface area contributed by atoms with Crippen molar-refractivity contribution in [1.29, 1.82) is 0 Å². The Balaban J connectivity index is 2.56. The van der Waals surface area contributed by atoms with E-state index in [1.165, 1.54) is 0 Å². The fourth-order valence-corrected chi connectivity index (χ4v) is 2.06. The lowest BCUT2D eigenvalue weighted by molar-refractivity contribution is -0.149. The second-order valence-electron chi connectivity index (χ2n) is 4.39. The maximum Gasteiger partial charge on any atom is 0.323 e. The van der Waals surface area contributed by atoms with E-state index in [1.54, 1.807) is 0 Å². The Hall–Kier alpha value is -0.610. The van der Waals surface area contributed by atoms with Crippen LogP contribution < -0.4 is 0 Å². The number of nitrogens with zero attached hydrogens (tertiary/aromatic N) is 1. The van der Waals surface area contributed by atoms with Gasteiger partial charge in [-0.25, -0.2) is 0 Å². The molecule has 1 heterocycles. The molecule has 88 valence electrons. The standard InChI is InChI=1S/C11H21NO3/c1-4-9(10(13)15-5-2)12-7-6-11(3,14)8-12/h9,14H,4-8H2,1-3H3. The number of likely N-dealkylation sites (tertiary alicyclic amines) is 1. The maximum absolute atomic E-state index is 11.6. The normalized spacial score (nSPS) is 29.1. The number of rotatable bonds is 4. The molecule has 2 atom stereocenters. The summed E-state index contributed by atoms with van der Waals surface area (Å²) in [5.74, 6) is -0.169. The Morgan fingerprint density at radius 3 is 2.67 bits per heavy atom. The van der Waals surface area contributed by atoms with Crippen LogP contribution in [0.5, 0.6) is 0 Å². The highest BCUT2D eigenvalue weighted by Gasteiger charge is 2.37. The zero-order valence-electron chi connectivity index (χ0n) is 9.82. The number of carbonyl (C=O) groups excluding carboxylic acids is 1. The lowest BCUT2D eigenvalue weighted by Crippen LogP contribution is -2.42. The highest BCUT2D eigenvalue weighted by Crippen LogP contribution is 2.23. The van der Waals surface area contributed by atoms with E-state index in [1.807, 2.05) is 25.7 Å². The summed E-state index contributed by atoms with van der Waals surface area (Å²) < 4.78 is 5.01. The molecule has 1 aliphatic heterocycles. The van der Waals surface area contributed by atoms with Crippen LogP contribution in [0.2, 0.25) is 0 Å². The van der Waals surface area contributed by atoms with Gasteiger partial charge in [-0.1, -0.05) is 6.92 Å². The summed E-state index contributed by atoms with van der Waals surface area (Å²) >= 11 is 0. The van der Waals surface area contributed by atoms with E-state index < -0.39 is 5.60 Å². The Labute approximate surface area is 91.2 Å². The molecule has 1 fully saturated rings. The van der Waals surface area contributed by atoms with Gasteiger partial charge in [-0.05, 0) is 26.7 Å². The summed E-state index contributed by atoms with van der Waals surface area (Å²) in [5.41, 5.74) is -0.653. The van der Waals surface area contributed by atoms with Crippen LogP contribution in [0.25, 0.3) is 0 Å². The Kier molecular flexibility index (Phi) is 4.11. The smallest absolute Gasteiger partial charge is 0.323 e. The molecular weight excluding hydrogens is 194 g/mol. The van der Waals surface area contributed by atoms with Crippen molar-refractivity contribution in [2.75, 3.05) is 19.7 Å². The summed E-state index contributed by atoms with van der Waals surface area (Å²) in [5, 5.41) is 9.83. The van der Waals surface area contributed by atoms with Gasteiger partial charge in [-0.15, -0.1) is 0 Å². The SMILES string of the molecule is CCOC(=O)C(CC)N1CCC(C)(O)C1. The molecule has 1 rings (SSSR count). The molecule has 0 saturated carbocycles. The first kappa shape index (κ1) is 12.5. The second kappa shape index (κ2) is 4.94. The Morgan fingerprint density at radius 1 is 1.60 bits per heavy atom. The second-order valence-corrected chi connectivity index (χ2v) is 4.39. The van der Waals surface area contributed by atoms with Crippen molar-refractivity contribution in [2.45, 2.75) is 45.3 Å². The van der Waals surface area contributed by atoms with Gasteiger partial charge in [-0.3, -0.25) is 9.69 Å². The maximum atomic E-state index is 11.6. The van der Waals surface area contributed by atoms with Crippen molar-refractivity contribution >= 4 is 5.97 Å². The molecule has 15 heavy (non-hydrogen) atoms. The van der Waals surface area contributed by atoms with Gasteiger partial charge in [0.25, 0.3) is 0 Å². The van der Waals surface area contributed by atoms with Crippen LogP contribution >= 0.6 is 0 Å². The molecule has 0 radical (unpaired) electrons. The monoisotopic (exact) mass is 215 g/mol. The minimum absolute atomic E-state index is 0.169. The number of hydrogen-bond donors (Lipinski definition) is 1. The van der Waals surface area contributed by atoms with Crippen molar-refractivity contribution in [3.8, 4) is 0 Å². The molecular formula is C11H21NO3. The molecule has 1 N–H and O–H groups in total. The molecule has 0 aliphatic carbocycles. The van der Waals surface area contributed by atoms with Crippen LogP contribution in [-0.2, 0) is 9.53 Å². The quantitative estimate of drug-likeness (QED) is 0.704. The summed E-state index contributed by atoms with van der Waals surface area (Å²) in [7, 11) is 0. The number of esters is 1. The van der Waals surface area contributed by atoms with Gasteiger partial charge in [0.1, 0.15) is 6.04 Å².